The van der Waals surface area contributed by atoms with E-state index >= 15 is 0 Å². The Morgan fingerprint density at radius 3 is 2.50 bits per heavy atom. The molecule has 1 heterocycles. The van der Waals surface area contributed by atoms with Gasteiger partial charge < -0.3 is 32.8 Å². The number of hydrogen-bond donors (Lipinski definition) is 6. The van der Waals surface area contributed by atoms with Crippen LogP contribution in [0.3, 0.4) is 0 Å². The molecule has 2 atom stereocenters. The number of fused-ring (bicyclic) bond motifs is 2. The van der Waals surface area contributed by atoms with E-state index in [1.807, 2.05) is 72.9 Å². The van der Waals surface area contributed by atoms with E-state index in [0.29, 0.717) is 31.5 Å². The molecule has 0 radical (unpaired) electrons. The fraction of sp³-hybridized carbons (Fsp3) is 0.222. The summed E-state index contributed by atoms with van der Waals surface area (Å²) in [5.41, 5.74) is 19.3. The van der Waals surface area contributed by atoms with Crippen molar-refractivity contribution in [2.45, 2.75) is 31.3 Å². The van der Waals surface area contributed by atoms with Crippen LogP contribution in [-0.4, -0.2) is 41.4 Å². The van der Waals surface area contributed by atoms with Crippen molar-refractivity contribution >= 4 is 45.1 Å². The predicted octanol–water partition coefficient (Wildman–Crippen LogP) is 2.37. The van der Waals surface area contributed by atoms with Crippen molar-refractivity contribution in [1.29, 1.82) is 0 Å². The van der Waals surface area contributed by atoms with Crippen molar-refractivity contribution in [1.82, 2.24) is 10.3 Å². The fourth-order valence-corrected chi connectivity index (χ4v) is 4.16. The van der Waals surface area contributed by atoms with Crippen molar-refractivity contribution in [3.63, 3.8) is 0 Å². The molecule has 186 valence electrons. The van der Waals surface area contributed by atoms with Crippen LogP contribution in [0.15, 0.2) is 77.9 Å². The van der Waals surface area contributed by atoms with Gasteiger partial charge in [-0.15, -0.1) is 0 Å². The number of nitrogens with zero attached hydrogens (tertiary/aromatic N) is 1. The van der Waals surface area contributed by atoms with Gasteiger partial charge in [0, 0.05) is 35.8 Å². The Bertz CT molecular complexity index is 1390. The van der Waals surface area contributed by atoms with Crippen LogP contribution in [0.4, 0.5) is 5.69 Å². The van der Waals surface area contributed by atoms with E-state index in [1.54, 1.807) is 0 Å². The molecule has 3 aromatic carbocycles. The molecule has 0 saturated heterocycles. The number of benzene rings is 3. The monoisotopic (exact) mass is 485 g/mol. The van der Waals surface area contributed by atoms with Crippen LogP contribution >= 0.6 is 0 Å². The Morgan fingerprint density at radius 2 is 1.69 bits per heavy atom. The molecule has 0 unspecified atom stereocenters. The summed E-state index contributed by atoms with van der Waals surface area (Å²) in [5, 5.41) is 8.89. The highest BCUT2D eigenvalue weighted by molar-refractivity contribution is 6.00. The topological polar surface area (TPSA) is 164 Å². The highest BCUT2D eigenvalue weighted by Gasteiger charge is 2.25. The third kappa shape index (κ3) is 6.19. The van der Waals surface area contributed by atoms with E-state index in [9.17, 15) is 9.59 Å². The van der Waals surface area contributed by atoms with E-state index in [0.717, 1.165) is 27.2 Å². The number of para-hydroxylation sites is 1. The number of aromatic amines is 1. The third-order valence-corrected chi connectivity index (χ3v) is 6.05. The van der Waals surface area contributed by atoms with E-state index in [-0.39, 0.29) is 11.9 Å². The Morgan fingerprint density at radius 1 is 0.944 bits per heavy atom. The van der Waals surface area contributed by atoms with Crippen LogP contribution in [0, 0.1) is 0 Å². The summed E-state index contributed by atoms with van der Waals surface area (Å²) >= 11 is 0. The van der Waals surface area contributed by atoms with Crippen molar-refractivity contribution in [3.05, 3.63) is 78.5 Å². The van der Waals surface area contributed by atoms with E-state index < -0.39 is 18.0 Å². The number of nitrogens with two attached hydrogens (primary N) is 3. The van der Waals surface area contributed by atoms with Gasteiger partial charge in [-0.2, -0.15) is 0 Å². The molecular formula is C27H31N7O2. The largest absolute Gasteiger partial charge is 0.370 e. The zero-order valence-corrected chi connectivity index (χ0v) is 19.9. The maximum atomic E-state index is 13.4. The first kappa shape index (κ1) is 24.7. The lowest BCUT2D eigenvalue weighted by atomic mass is 10.0. The Hall–Kier alpha value is -4.37. The number of hydrogen-bond acceptors (Lipinski definition) is 4. The first-order valence-corrected chi connectivity index (χ1v) is 11.9. The molecule has 9 N–H and O–H groups in total. The molecule has 2 amide bonds. The van der Waals surface area contributed by atoms with Gasteiger partial charge in [0.05, 0.1) is 6.04 Å². The lowest BCUT2D eigenvalue weighted by Gasteiger charge is -2.21. The second kappa shape index (κ2) is 11.4. The molecule has 9 nitrogen and oxygen atoms in total. The number of rotatable bonds is 10. The van der Waals surface area contributed by atoms with Crippen LogP contribution in [0.2, 0.25) is 0 Å². The number of H-pyrrole nitrogens is 1. The van der Waals surface area contributed by atoms with Crippen molar-refractivity contribution < 1.29 is 9.59 Å². The van der Waals surface area contributed by atoms with E-state index in [1.165, 1.54) is 0 Å². The molecule has 0 aliphatic carbocycles. The van der Waals surface area contributed by atoms with Crippen LogP contribution in [0.5, 0.6) is 0 Å². The Balaban J connectivity index is 1.50. The first-order valence-electron chi connectivity index (χ1n) is 11.9. The van der Waals surface area contributed by atoms with Crippen molar-refractivity contribution in [3.8, 4) is 0 Å². The van der Waals surface area contributed by atoms with Gasteiger partial charge >= 0.3 is 0 Å². The van der Waals surface area contributed by atoms with Gasteiger partial charge in [0.2, 0.25) is 11.8 Å². The molecule has 0 saturated carbocycles. The van der Waals surface area contributed by atoms with Crippen molar-refractivity contribution in [2.75, 3.05) is 11.9 Å². The van der Waals surface area contributed by atoms with Crippen LogP contribution < -0.4 is 27.8 Å². The van der Waals surface area contributed by atoms with E-state index in [2.05, 4.69) is 20.6 Å². The van der Waals surface area contributed by atoms with Gasteiger partial charge in [-0.3, -0.25) is 14.6 Å². The van der Waals surface area contributed by atoms with Crippen LogP contribution in [0.1, 0.15) is 18.4 Å². The summed E-state index contributed by atoms with van der Waals surface area (Å²) in [6.45, 7) is 0.379. The molecule has 0 bridgehead atoms. The molecule has 0 aliphatic rings. The number of carbonyl (C=O) groups is 2. The van der Waals surface area contributed by atoms with Crippen molar-refractivity contribution in [2.24, 2.45) is 22.2 Å². The Labute approximate surface area is 209 Å². The molecule has 0 fully saturated rings. The van der Waals surface area contributed by atoms with E-state index in [4.69, 9.17) is 17.2 Å². The molecule has 4 aromatic rings. The van der Waals surface area contributed by atoms with Gasteiger partial charge in [0.15, 0.2) is 5.96 Å². The summed E-state index contributed by atoms with van der Waals surface area (Å²) in [7, 11) is 0. The molecule has 1 aromatic heterocycles. The quantitative estimate of drug-likeness (QED) is 0.115. The zero-order chi connectivity index (χ0) is 25.5. The molecular weight excluding hydrogens is 454 g/mol. The maximum Gasteiger partial charge on any atom is 0.247 e. The van der Waals surface area contributed by atoms with Gasteiger partial charge in [0.25, 0.3) is 0 Å². The Kier molecular flexibility index (Phi) is 7.82. The minimum atomic E-state index is -0.827. The number of aromatic nitrogens is 1. The molecule has 4 rings (SSSR count). The number of aliphatic imine (C=N–C) groups is 1. The second-order valence-corrected chi connectivity index (χ2v) is 8.73. The number of anilines is 1. The summed E-state index contributed by atoms with van der Waals surface area (Å²) in [6.07, 6.45) is 3.09. The fourth-order valence-electron chi connectivity index (χ4n) is 4.16. The average molecular weight is 486 g/mol. The maximum absolute atomic E-state index is 13.4. The molecule has 0 aliphatic heterocycles. The van der Waals surface area contributed by atoms with Gasteiger partial charge in [-0.1, -0.05) is 48.5 Å². The number of guanidine groups is 1. The van der Waals surface area contributed by atoms with Crippen LogP contribution in [-0.2, 0) is 16.0 Å². The highest BCUT2D eigenvalue weighted by Crippen LogP contribution is 2.21. The summed E-state index contributed by atoms with van der Waals surface area (Å²) in [5.74, 6) is -0.730. The first-order chi connectivity index (χ1) is 17.4. The van der Waals surface area contributed by atoms with Gasteiger partial charge in [-0.25, -0.2) is 0 Å². The predicted molar refractivity (Wildman–Crippen MR) is 144 cm³/mol. The van der Waals surface area contributed by atoms with Crippen LogP contribution in [0.25, 0.3) is 21.7 Å². The zero-order valence-electron chi connectivity index (χ0n) is 19.9. The second-order valence-electron chi connectivity index (χ2n) is 8.73. The number of carbonyl (C=O) groups excluding carboxylic acids is 2. The normalized spacial score (nSPS) is 12.7. The molecule has 9 heteroatoms. The minimum Gasteiger partial charge on any atom is -0.370 e. The number of nitrogens with one attached hydrogen (secondary N) is 3. The average Bonchev–Trinajstić information content (AvgIpc) is 3.28. The summed E-state index contributed by atoms with van der Waals surface area (Å²) in [4.78, 5) is 33.4. The highest BCUT2D eigenvalue weighted by atomic mass is 16.2. The van der Waals surface area contributed by atoms with Gasteiger partial charge in [0.1, 0.15) is 6.04 Å². The molecule has 0 spiro atoms. The lowest BCUT2D eigenvalue weighted by molar-refractivity contribution is -0.127. The minimum absolute atomic E-state index is 0.00261. The SMILES string of the molecule is NC(N)=NCCC[C@H](N)C(=O)N[C@@H](Cc1c[nH]c2ccccc12)C(=O)Nc1ccc2ccccc2c1. The summed E-state index contributed by atoms with van der Waals surface area (Å²) < 4.78 is 0. The summed E-state index contributed by atoms with van der Waals surface area (Å²) in [6, 6.07) is 19.8. The molecule has 36 heavy (non-hydrogen) atoms. The smallest absolute Gasteiger partial charge is 0.247 e. The standard InChI is InChI=1S/C27H31N7O2/c28-22(9-5-13-31-27(29)30)25(35)34-24(15-19-16-32-23-10-4-3-8-21(19)23)26(36)33-20-12-11-17-6-1-2-7-18(17)14-20/h1-4,6-8,10-12,14,16,22,24,32H,5,9,13,15,28H2,(H,33,36)(H,34,35)(H4,29,30,31)/t22-,24-/m0/s1. The number of amides is 2. The van der Waals surface area contributed by atoms with Gasteiger partial charge in [-0.05, 0) is 47.4 Å². The third-order valence-electron chi connectivity index (χ3n) is 6.05. The lowest BCUT2D eigenvalue weighted by Crippen LogP contribution is -2.51.